The lowest BCUT2D eigenvalue weighted by atomic mass is 10.1. The third-order valence-electron chi connectivity index (χ3n) is 2.94. The van der Waals surface area contributed by atoms with Gasteiger partial charge in [0.25, 0.3) is 0 Å². The standard InChI is InChI=1S/C16H14FNS/c1-12-4-2-3-5-14(12)11-19-10-13-6-7-16(17)15(8-13)9-18/h2-8H,10-11H2,1H3. The summed E-state index contributed by atoms with van der Waals surface area (Å²) in [6.07, 6.45) is 0. The second-order valence-electron chi connectivity index (χ2n) is 4.35. The first kappa shape index (κ1) is 13.6. The number of thioether (sulfide) groups is 1. The van der Waals surface area contributed by atoms with Crippen molar-refractivity contribution >= 4 is 11.8 Å². The molecule has 0 amide bonds. The minimum Gasteiger partial charge on any atom is -0.206 e. The van der Waals surface area contributed by atoms with E-state index in [1.807, 2.05) is 18.2 Å². The molecule has 0 heterocycles. The van der Waals surface area contributed by atoms with Crippen LogP contribution in [0.3, 0.4) is 0 Å². The first-order chi connectivity index (χ1) is 9.20. The molecule has 96 valence electrons. The number of hydrogen-bond donors (Lipinski definition) is 0. The van der Waals surface area contributed by atoms with Gasteiger partial charge in [-0.05, 0) is 35.7 Å². The van der Waals surface area contributed by atoms with Crippen molar-refractivity contribution in [2.24, 2.45) is 0 Å². The highest BCUT2D eigenvalue weighted by atomic mass is 32.2. The third-order valence-corrected chi connectivity index (χ3v) is 3.99. The van der Waals surface area contributed by atoms with Gasteiger partial charge in [0, 0.05) is 11.5 Å². The lowest BCUT2D eigenvalue weighted by molar-refractivity contribution is 0.623. The van der Waals surface area contributed by atoms with Crippen LogP contribution in [0.4, 0.5) is 4.39 Å². The van der Waals surface area contributed by atoms with Gasteiger partial charge in [-0.15, -0.1) is 0 Å². The highest BCUT2D eigenvalue weighted by Gasteiger charge is 2.03. The normalized spacial score (nSPS) is 10.2. The lowest BCUT2D eigenvalue weighted by Gasteiger charge is -2.06. The van der Waals surface area contributed by atoms with E-state index in [0.717, 1.165) is 17.1 Å². The van der Waals surface area contributed by atoms with Crippen molar-refractivity contribution in [3.8, 4) is 6.07 Å². The maximum absolute atomic E-state index is 13.2. The van der Waals surface area contributed by atoms with Crippen LogP contribution in [0.25, 0.3) is 0 Å². The summed E-state index contributed by atoms with van der Waals surface area (Å²) in [6.45, 7) is 2.10. The van der Waals surface area contributed by atoms with Crippen molar-refractivity contribution in [2.45, 2.75) is 18.4 Å². The fraction of sp³-hybridized carbons (Fsp3) is 0.188. The SMILES string of the molecule is Cc1ccccc1CSCc1ccc(F)c(C#N)c1. The van der Waals surface area contributed by atoms with Crippen LogP contribution in [0, 0.1) is 24.1 Å². The van der Waals surface area contributed by atoms with Gasteiger partial charge < -0.3 is 0 Å². The summed E-state index contributed by atoms with van der Waals surface area (Å²) in [7, 11) is 0. The molecule has 0 fully saturated rings. The van der Waals surface area contributed by atoms with Crippen LogP contribution in [-0.4, -0.2) is 0 Å². The van der Waals surface area contributed by atoms with Gasteiger partial charge in [-0.25, -0.2) is 4.39 Å². The Labute approximate surface area is 117 Å². The number of aryl methyl sites for hydroxylation is 1. The highest BCUT2D eigenvalue weighted by molar-refractivity contribution is 7.97. The molecule has 0 saturated carbocycles. The number of nitriles is 1. The summed E-state index contributed by atoms with van der Waals surface area (Å²) in [5, 5.41) is 8.79. The second-order valence-corrected chi connectivity index (χ2v) is 5.33. The second kappa shape index (κ2) is 6.40. The maximum Gasteiger partial charge on any atom is 0.140 e. The van der Waals surface area contributed by atoms with Crippen molar-refractivity contribution in [3.05, 3.63) is 70.5 Å². The summed E-state index contributed by atoms with van der Waals surface area (Å²) in [6, 6.07) is 14.9. The first-order valence-corrected chi connectivity index (χ1v) is 7.17. The van der Waals surface area contributed by atoms with E-state index in [2.05, 4.69) is 19.1 Å². The molecule has 2 rings (SSSR count). The van der Waals surface area contributed by atoms with E-state index in [0.29, 0.717) is 0 Å². The summed E-state index contributed by atoms with van der Waals surface area (Å²) in [4.78, 5) is 0. The molecule has 2 aromatic carbocycles. The predicted octanol–water partition coefficient (Wildman–Crippen LogP) is 4.44. The zero-order valence-electron chi connectivity index (χ0n) is 10.7. The molecule has 0 aliphatic heterocycles. The van der Waals surface area contributed by atoms with Crippen molar-refractivity contribution in [3.63, 3.8) is 0 Å². The van der Waals surface area contributed by atoms with Gasteiger partial charge in [0.1, 0.15) is 11.9 Å². The quantitative estimate of drug-likeness (QED) is 0.821. The van der Waals surface area contributed by atoms with Crippen LogP contribution < -0.4 is 0 Å². The van der Waals surface area contributed by atoms with E-state index < -0.39 is 5.82 Å². The molecule has 1 nitrogen and oxygen atoms in total. The lowest BCUT2D eigenvalue weighted by Crippen LogP contribution is -1.89. The Hall–Kier alpha value is -1.79. The number of hydrogen-bond acceptors (Lipinski definition) is 2. The number of benzene rings is 2. The highest BCUT2D eigenvalue weighted by Crippen LogP contribution is 2.21. The van der Waals surface area contributed by atoms with Gasteiger partial charge in [0.15, 0.2) is 0 Å². The molecule has 0 atom stereocenters. The largest absolute Gasteiger partial charge is 0.206 e. The van der Waals surface area contributed by atoms with Gasteiger partial charge in [-0.1, -0.05) is 30.3 Å². The molecule has 0 N–H and O–H groups in total. The van der Waals surface area contributed by atoms with E-state index in [-0.39, 0.29) is 5.56 Å². The molecule has 0 radical (unpaired) electrons. The minimum atomic E-state index is -0.449. The van der Waals surface area contributed by atoms with Crippen LogP contribution in [0.5, 0.6) is 0 Å². The van der Waals surface area contributed by atoms with Crippen LogP contribution in [0.1, 0.15) is 22.3 Å². The van der Waals surface area contributed by atoms with Gasteiger partial charge in [-0.2, -0.15) is 17.0 Å². The van der Waals surface area contributed by atoms with Crippen LogP contribution in [-0.2, 0) is 11.5 Å². The Bertz CT molecular complexity index is 616. The Morgan fingerprint density at radius 3 is 2.68 bits per heavy atom. The Balaban J connectivity index is 1.97. The van der Waals surface area contributed by atoms with Gasteiger partial charge in [0.2, 0.25) is 0 Å². The number of nitrogens with zero attached hydrogens (tertiary/aromatic N) is 1. The summed E-state index contributed by atoms with van der Waals surface area (Å²) in [5.74, 6) is 1.25. The van der Waals surface area contributed by atoms with Crippen LogP contribution in [0.15, 0.2) is 42.5 Å². The molecule has 2 aromatic rings. The topological polar surface area (TPSA) is 23.8 Å². The van der Waals surface area contributed by atoms with E-state index in [4.69, 9.17) is 5.26 Å². The van der Waals surface area contributed by atoms with E-state index >= 15 is 0 Å². The van der Waals surface area contributed by atoms with E-state index in [1.54, 1.807) is 23.9 Å². The van der Waals surface area contributed by atoms with Crippen molar-refractivity contribution < 1.29 is 4.39 Å². The summed E-state index contributed by atoms with van der Waals surface area (Å²) < 4.78 is 13.2. The zero-order valence-corrected chi connectivity index (χ0v) is 11.5. The maximum atomic E-state index is 13.2. The zero-order chi connectivity index (χ0) is 13.7. The molecule has 0 aromatic heterocycles. The summed E-state index contributed by atoms with van der Waals surface area (Å²) in [5.41, 5.74) is 3.70. The minimum absolute atomic E-state index is 0.119. The molecule has 0 aliphatic carbocycles. The van der Waals surface area contributed by atoms with E-state index in [9.17, 15) is 4.39 Å². The third kappa shape index (κ3) is 3.59. The molecule has 0 saturated heterocycles. The fourth-order valence-electron chi connectivity index (χ4n) is 1.80. The number of rotatable bonds is 4. The summed E-state index contributed by atoms with van der Waals surface area (Å²) >= 11 is 1.77. The molecule has 0 unspecified atom stereocenters. The van der Waals surface area contributed by atoms with Crippen molar-refractivity contribution in [1.29, 1.82) is 5.26 Å². The average Bonchev–Trinajstić information content (AvgIpc) is 2.43. The molecule has 19 heavy (non-hydrogen) atoms. The molecule has 0 aliphatic rings. The number of halogens is 1. The van der Waals surface area contributed by atoms with Gasteiger partial charge >= 0.3 is 0 Å². The Morgan fingerprint density at radius 2 is 1.95 bits per heavy atom. The van der Waals surface area contributed by atoms with Crippen LogP contribution >= 0.6 is 11.8 Å². The Morgan fingerprint density at radius 1 is 1.16 bits per heavy atom. The molecule has 0 bridgehead atoms. The molecule has 3 heteroatoms. The van der Waals surface area contributed by atoms with Crippen molar-refractivity contribution in [2.75, 3.05) is 0 Å². The molecular weight excluding hydrogens is 257 g/mol. The predicted molar refractivity (Wildman–Crippen MR) is 77.3 cm³/mol. The van der Waals surface area contributed by atoms with E-state index in [1.165, 1.54) is 17.2 Å². The fourth-order valence-corrected chi connectivity index (χ4v) is 2.86. The molecule has 0 spiro atoms. The van der Waals surface area contributed by atoms with Gasteiger partial charge in [0.05, 0.1) is 5.56 Å². The van der Waals surface area contributed by atoms with Gasteiger partial charge in [-0.3, -0.25) is 0 Å². The first-order valence-electron chi connectivity index (χ1n) is 6.01. The Kier molecular flexibility index (Phi) is 4.59. The smallest absolute Gasteiger partial charge is 0.140 e. The monoisotopic (exact) mass is 271 g/mol. The average molecular weight is 271 g/mol. The van der Waals surface area contributed by atoms with Crippen molar-refractivity contribution in [1.82, 2.24) is 0 Å². The molecular formula is C16H14FNS. The van der Waals surface area contributed by atoms with Crippen LogP contribution in [0.2, 0.25) is 0 Å².